The van der Waals surface area contributed by atoms with Crippen molar-refractivity contribution in [1.29, 1.82) is 0 Å². The molecular weight excluding hydrogens is 422 g/mol. The molecule has 3 amide bonds. The number of nitrogens with zero attached hydrogens (tertiary/aromatic N) is 1. The van der Waals surface area contributed by atoms with E-state index in [0.717, 1.165) is 18.4 Å². The van der Waals surface area contributed by atoms with Crippen LogP contribution in [-0.4, -0.2) is 58.2 Å². The van der Waals surface area contributed by atoms with Gasteiger partial charge >= 0.3 is 6.09 Å². The zero-order valence-electron chi connectivity index (χ0n) is 20.8. The average molecular weight is 462 g/mol. The van der Waals surface area contributed by atoms with Crippen molar-refractivity contribution in [2.24, 2.45) is 5.92 Å². The van der Waals surface area contributed by atoms with Crippen LogP contribution in [0.5, 0.6) is 0 Å². The van der Waals surface area contributed by atoms with Crippen LogP contribution >= 0.6 is 0 Å². The number of hydrogen-bond acceptors (Lipinski definition) is 5. The Labute approximate surface area is 197 Å². The van der Waals surface area contributed by atoms with Gasteiger partial charge in [-0.1, -0.05) is 38.1 Å². The number of carbonyl (C=O) groups excluding carboxylic acids is 3. The normalized spacial score (nSPS) is 19.4. The summed E-state index contributed by atoms with van der Waals surface area (Å²) in [5.41, 5.74) is 1.06. The number of carbonyl (C=O) groups is 3. The van der Waals surface area contributed by atoms with E-state index in [0.29, 0.717) is 5.56 Å². The fourth-order valence-corrected chi connectivity index (χ4v) is 3.72. The zero-order valence-corrected chi connectivity index (χ0v) is 20.8. The average Bonchev–Trinajstić information content (AvgIpc) is 3.43. The summed E-state index contributed by atoms with van der Waals surface area (Å²) in [6.45, 7) is 12.3. The molecule has 0 saturated heterocycles. The molecule has 1 fully saturated rings. The van der Waals surface area contributed by atoms with Crippen LogP contribution in [-0.2, 0) is 20.7 Å². The van der Waals surface area contributed by atoms with Gasteiger partial charge in [-0.25, -0.2) is 4.79 Å². The third-order valence-corrected chi connectivity index (χ3v) is 5.51. The van der Waals surface area contributed by atoms with Gasteiger partial charge in [-0.15, -0.1) is 0 Å². The number of rotatable bonds is 9. The minimum Gasteiger partial charge on any atom is -0.444 e. The van der Waals surface area contributed by atoms with Crippen LogP contribution in [0.15, 0.2) is 24.3 Å². The van der Waals surface area contributed by atoms with Gasteiger partial charge < -0.3 is 25.4 Å². The second kappa shape index (κ2) is 11.0. The van der Waals surface area contributed by atoms with Crippen molar-refractivity contribution >= 4 is 17.9 Å². The number of alkyl carbamates (subject to hydrolysis) is 1. The van der Waals surface area contributed by atoms with Crippen molar-refractivity contribution in [2.75, 3.05) is 6.61 Å². The van der Waals surface area contributed by atoms with E-state index in [1.165, 1.54) is 4.90 Å². The van der Waals surface area contributed by atoms with Crippen molar-refractivity contribution < 1.29 is 24.2 Å². The quantitative estimate of drug-likeness (QED) is 0.524. The van der Waals surface area contributed by atoms with Crippen LogP contribution in [0.3, 0.4) is 0 Å². The number of nitrogens with one attached hydrogen (secondary N) is 2. The van der Waals surface area contributed by atoms with Gasteiger partial charge in [-0.2, -0.15) is 0 Å². The molecule has 0 heterocycles. The lowest BCUT2D eigenvalue weighted by Crippen LogP contribution is -2.55. The minimum atomic E-state index is -1.23. The molecular formula is C25H39N3O5. The highest BCUT2D eigenvalue weighted by atomic mass is 16.6. The Hall–Kier alpha value is -2.61. The van der Waals surface area contributed by atoms with Crippen LogP contribution in [0.4, 0.5) is 4.79 Å². The van der Waals surface area contributed by atoms with Crippen LogP contribution < -0.4 is 10.6 Å². The monoisotopic (exact) mass is 461 g/mol. The molecule has 0 aromatic heterocycles. The lowest BCUT2D eigenvalue weighted by atomic mass is 10.00. The number of benzene rings is 1. The summed E-state index contributed by atoms with van der Waals surface area (Å²) in [6.07, 6.45) is 0.807. The fraction of sp³-hybridized carbons (Fsp3) is 0.640. The first kappa shape index (κ1) is 26.6. The van der Waals surface area contributed by atoms with Crippen LogP contribution in [0, 0.1) is 5.92 Å². The number of ether oxygens (including phenoxy) is 1. The molecule has 8 heteroatoms. The summed E-state index contributed by atoms with van der Waals surface area (Å²) >= 11 is 0. The van der Waals surface area contributed by atoms with Gasteiger partial charge in [-0.05, 0) is 64.5 Å². The lowest BCUT2D eigenvalue weighted by molar-refractivity contribution is -0.144. The van der Waals surface area contributed by atoms with E-state index in [1.54, 1.807) is 20.8 Å². The molecule has 3 N–H and O–H groups in total. The molecule has 184 valence electrons. The van der Waals surface area contributed by atoms with Crippen LogP contribution in [0.2, 0.25) is 0 Å². The molecule has 4 unspecified atom stereocenters. The third-order valence-electron chi connectivity index (χ3n) is 5.51. The van der Waals surface area contributed by atoms with Crippen LogP contribution in [0.1, 0.15) is 72.1 Å². The number of hydrogen-bond donors (Lipinski definition) is 3. The molecule has 0 aliphatic heterocycles. The molecule has 8 nitrogen and oxygen atoms in total. The maximum absolute atomic E-state index is 13.6. The molecule has 33 heavy (non-hydrogen) atoms. The first-order valence-electron chi connectivity index (χ1n) is 11.7. The minimum absolute atomic E-state index is 0.114. The Morgan fingerprint density at radius 1 is 1.15 bits per heavy atom. The van der Waals surface area contributed by atoms with Gasteiger partial charge in [-0.3, -0.25) is 9.59 Å². The summed E-state index contributed by atoms with van der Waals surface area (Å²) < 4.78 is 5.26. The molecule has 1 aliphatic carbocycles. The van der Waals surface area contributed by atoms with Gasteiger partial charge in [0.15, 0.2) is 0 Å². The van der Waals surface area contributed by atoms with Crippen molar-refractivity contribution in [3.63, 3.8) is 0 Å². The standard InChI is InChI=1S/C25H39N3O5/c1-8-17-9-11-18(12-10-17)21(22(30)26-15(2)3)28(20-13-16(20)4)23(31)19(14-29)27-24(32)33-25(5,6)7/h9-12,15-16,19-21,29H,8,13-14H2,1-7H3,(H,26,30)(H,27,32). The van der Waals surface area contributed by atoms with Gasteiger partial charge in [0.05, 0.1) is 6.61 Å². The van der Waals surface area contributed by atoms with Crippen molar-refractivity contribution in [3.8, 4) is 0 Å². The zero-order chi connectivity index (χ0) is 24.9. The maximum atomic E-state index is 13.6. The van der Waals surface area contributed by atoms with E-state index >= 15 is 0 Å². The molecule has 0 bridgehead atoms. The van der Waals surface area contributed by atoms with Gasteiger partial charge in [0.1, 0.15) is 17.7 Å². The van der Waals surface area contributed by atoms with Crippen molar-refractivity contribution in [1.82, 2.24) is 15.5 Å². The maximum Gasteiger partial charge on any atom is 0.408 e. The van der Waals surface area contributed by atoms with E-state index < -0.39 is 36.3 Å². The van der Waals surface area contributed by atoms with E-state index in [4.69, 9.17) is 4.74 Å². The van der Waals surface area contributed by atoms with Crippen LogP contribution in [0.25, 0.3) is 0 Å². The van der Waals surface area contributed by atoms with Gasteiger partial charge in [0, 0.05) is 12.1 Å². The summed E-state index contributed by atoms with van der Waals surface area (Å²) in [5, 5.41) is 15.3. The second-order valence-electron chi connectivity index (χ2n) is 10.1. The Morgan fingerprint density at radius 3 is 2.15 bits per heavy atom. The lowest BCUT2D eigenvalue weighted by Gasteiger charge is -2.35. The highest BCUT2D eigenvalue weighted by Gasteiger charge is 2.48. The summed E-state index contributed by atoms with van der Waals surface area (Å²) in [6, 6.07) is 5.25. The largest absolute Gasteiger partial charge is 0.444 e. The molecule has 1 aromatic carbocycles. The smallest absolute Gasteiger partial charge is 0.408 e. The first-order chi connectivity index (χ1) is 15.4. The molecule has 0 spiro atoms. The Balaban J connectivity index is 2.41. The van der Waals surface area contributed by atoms with Crippen molar-refractivity contribution in [2.45, 2.75) is 91.1 Å². The molecule has 1 aromatic rings. The molecule has 1 aliphatic rings. The van der Waals surface area contributed by atoms with E-state index in [9.17, 15) is 19.5 Å². The predicted octanol–water partition coefficient (Wildman–Crippen LogP) is 2.94. The highest BCUT2D eigenvalue weighted by molar-refractivity contribution is 5.92. The molecule has 0 radical (unpaired) electrons. The van der Waals surface area contributed by atoms with Gasteiger partial charge in [0.25, 0.3) is 0 Å². The number of aliphatic hydroxyl groups is 1. The molecule has 4 atom stereocenters. The Morgan fingerprint density at radius 2 is 1.73 bits per heavy atom. The number of aliphatic hydroxyl groups excluding tert-OH is 1. The topological polar surface area (TPSA) is 108 Å². The number of aryl methyl sites for hydroxylation is 1. The predicted molar refractivity (Wildman–Crippen MR) is 126 cm³/mol. The van der Waals surface area contributed by atoms with Gasteiger partial charge in [0.2, 0.25) is 11.8 Å². The fourth-order valence-electron chi connectivity index (χ4n) is 3.72. The third kappa shape index (κ3) is 7.45. The molecule has 2 rings (SSSR count). The Bertz CT molecular complexity index is 831. The summed E-state index contributed by atoms with van der Waals surface area (Å²) in [5.74, 6) is -0.601. The summed E-state index contributed by atoms with van der Waals surface area (Å²) in [4.78, 5) is 40.8. The van der Waals surface area contributed by atoms with Crippen molar-refractivity contribution in [3.05, 3.63) is 35.4 Å². The first-order valence-corrected chi connectivity index (χ1v) is 11.7. The number of amides is 3. The SMILES string of the molecule is CCc1ccc(C(C(=O)NC(C)C)N(C(=O)C(CO)NC(=O)OC(C)(C)C)C2CC2C)cc1. The molecule has 1 saturated carbocycles. The second-order valence-corrected chi connectivity index (χ2v) is 10.1. The summed E-state index contributed by atoms with van der Waals surface area (Å²) in [7, 11) is 0. The van der Waals surface area contributed by atoms with E-state index in [2.05, 4.69) is 10.6 Å². The van der Waals surface area contributed by atoms with E-state index in [-0.39, 0.29) is 23.9 Å². The highest BCUT2D eigenvalue weighted by Crippen LogP contribution is 2.40. The van der Waals surface area contributed by atoms with E-state index in [1.807, 2.05) is 52.0 Å². The Kier molecular flexibility index (Phi) is 8.89.